The van der Waals surface area contributed by atoms with Gasteiger partial charge in [0.05, 0.1) is 18.7 Å². The van der Waals surface area contributed by atoms with E-state index in [4.69, 9.17) is 14.7 Å². The van der Waals surface area contributed by atoms with Crippen LogP contribution in [0.1, 0.15) is 27.2 Å². The zero-order valence-corrected chi connectivity index (χ0v) is 13.3. The first kappa shape index (κ1) is 17.2. The summed E-state index contributed by atoms with van der Waals surface area (Å²) >= 11 is 0. The van der Waals surface area contributed by atoms with Gasteiger partial charge in [0.25, 0.3) is 0 Å². The van der Waals surface area contributed by atoms with Crippen LogP contribution < -0.4 is 0 Å². The molecule has 0 aromatic heterocycles. The highest BCUT2D eigenvalue weighted by molar-refractivity contribution is 5.86. The third-order valence-corrected chi connectivity index (χ3v) is 3.00. The number of ether oxygens (including phenoxy) is 2. The van der Waals surface area contributed by atoms with Crippen LogP contribution >= 0.6 is 0 Å². The summed E-state index contributed by atoms with van der Waals surface area (Å²) in [6.45, 7) is 5.50. The predicted octanol–water partition coefficient (Wildman–Crippen LogP) is 0.993. The van der Waals surface area contributed by atoms with Crippen molar-refractivity contribution in [3.63, 3.8) is 0 Å². The van der Waals surface area contributed by atoms with Crippen molar-refractivity contribution in [3.05, 3.63) is 0 Å². The first-order valence-corrected chi connectivity index (χ1v) is 6.85. The topological polar surface area (TPSA) is 82.9 Å². The fourth-order valence-corrected chi connectivity index (χ4v) is 2.13. The van der Waals surface area contributed by atoms with Gasteiger partial charge in [0.15, 0.2) is 0 Å². The second-order valence-corrected chi connectivity index (χ2v) is 6.21. The van der Waals surface area contributed by atoms with Gasteiger partial charge in [-0.2, -0.15) is 5.26 Å². The van der Waals surface area contributed by atoms with Crippen molar-refractivity contribution in [2.24, 2.45) is 0 Å². The van der Waals surface area contributed by atoms with Crippen LogP contribution in [0.25, 0.3) is 0 Å². The summed E-state index contributed by atoms with van der Waals surface area (Å²) < 4.78 is 10.7. The summed E-state index contributed by atoms with van der Waals surface area (Å²) in [5, 5.41) is 8.56. The molecule has 0 N–H and O–H groups in total. The Balaban J connectivity index is 2.83. The van der Waals surface area contributed by atoms with Crippen LogP contribution in [0.2, 0.25) is 0 Å². The Bertz CT molecular complexity index is 436. The van der Waals surface area contributed by atoms with Crippen molar-refractivity contribution in [2.75, 3.05) is 27.2 Å². The Hall–Kier alpha value is -1.81. The van der Waals surface area contributed by atoms with Gasteiger partial charge in [-0.1, -0.05) is 0 Å². The zero-order chi connectivity index (χ0) is 16.2. The van der Waals surface area contributed by atoms with Gasteiger partial charge in [0.2, 0.25) is 5.91 Å². The number of nitrogens with zero attached hydrogens (tertiary/aromatic N) is 3. The van der Waals surface area contributed by atoms with E-state index in [1.807, 2.05) is 6.07 Å². The van der Waals surface area contributed by atoms with Crippen molar-refractivity contribution in [1.29, 1.82) is 5.26 Å². The highest BCUT2D eigenvalue weighted by atomic mass is 16.6. The van der Waals surface area contributed by atoms with E-state index >= 15 is 0 Å². The van der Waals surface area contributed by atoms with Gasteiger partial charge in [0, 0.05) is 20.5 Å². The van der Waals surface area contributed by atoms with Gasteiger partial charge in [-0.15, -0.1) is 0 Å². The molecule has 0 radical (unpaired) electrons. The fraction of sp³-hybridized carbons (Fsp3) is 0.786. The number of likely N-dealkylation sites (tertiary alicyclic amines) is 1. The molecule has 1 aliphatic rings. The molecule has 7 nitrogen and oxygen atoms in total. The Morgan fingerprint density at radius 2 is 2.00 bits per heavy atom. The molecule has 118 valence electrons. The van der Waals surface area contributed by atoms with E-state index in [0.29, 0.717) is 6.42 Å². The minimum absolute atomic E-state index is 0.0598. The second-order valence-electron chi connectivity index (χ2n) is 6.21. The maximum Gasteiger partial charge on any atom is 0.411 e. The molecule has 1 heterocycles. The van der Waals surface area contributed by atoms with Crippen molar-refractivity contribution in [1.82, 2.24) is 9.80 Å². The van der Waals surface area contributed by atoms with Crippen LogP contribution in [0.5, 0.6) is 0 Å². The lowest BCUT2D eigenvalue weighted by atomic mass is 10.2. The van der Waals surface area contributed by atoms with Crippen LogP contribution in [0, 0.1) is 11.3 Å². The normalized spacial score (nSPS) is 21.8. The third-order valence-electron chi connectivity index (χ3n) is 3.00. The first-order valence-electron chi connectivity index (χ1n) is 6.85. The van der Waals surface area contributed by atoms with E-state index in [9.17, 15) is 9.59 Å². The molecule has 21 heavy (non-hydrogen) atoms. The van der Waals surface area contributed by atoms with Crippen molar-refractivity contribution < 1.29 is 19.1 Å². The predicted molar refractivity (Wildman–Crippen MR) is 75.4 cm³/mol. The standard InChI is InChI=1S/C14H23N3O4/c1-14(2,3)21-13(19)17-9-10(20-7-6-15)8-11(17)12(18)16(4)5/h10-11H,7-9H2,1-5H3/t10-,11+/m1/s1. The number of carbonyl (C=O) groups is 2. The summed E-state index contributed by atoms with van der Waals surface area (Å²) in [7, 11) is 3.28. The number of rotatable bonds is 3. The van der Waals surface area contributed by atoms with Crippen LogP contribution in [-0.4, -0.2) is 66.8 Å². The van der Waals surface area contributed by atoms with E-state index in [2.05, 4.69) is 0 Å². The SMILES string of the molecule is CN(C)C(=O)[C@@H]1C[C@@H](OCC#N)CN1C(=O)OC(C)(C)C. The Labute approximate surface area is 125 Å². The lowest BCUT2D eigenvalue weighted by molar-refractivity contribution is -0.133. The summed E-state index contributed by atoms with van der Waals surface area (Å²) in [4.78, 5) is 27.3. The van der Waals surface area contributed by atoms with Crippen LogP contribution in [-0.2, 0) is 14.3 Å². The number of amides is 2. The highest BCUT2D eigenvalue weighted by Crippen LogP contribution is 2.24. The molecule has 0 aromatic carbocycles. The van der Waals surface area contributed by atoms with Crippen molar-refractivity contribution in [3.8, 4) is 6.07 Å². The number of carbonyl (C=O) groups excluding carboxylic acids is 2. The molecule has 0 aliphatic carbocycles. The molecule has 0 spiro atoms. The second kappa shape index (κ2) is 6.76. The third kappa shape index (κ3) is 4.90. The van der Waals surface area contributed by atoms with E-state index in [-0.39, 0.29) is 25.2 Å². The van der Waals surface area contributed by atoms with E-state index in [1.165, 1.54) is 9.80 Å². The largest absolute Gasteiger partial charge is 0.444 e. The lowest BCUT2D eigenvalue weighted by Crippen LogP contribution is -2.47. The molecule has 1 rings (SSSR count). The van der Waals surface area contributed by atoms with E-state index in [0.717, 1.165) is 0 Å². The van der Waals surface area contributed by atoms with E-state index < -0.39 is 17.7 Å². The molecule has 1 saturated heterocycles. The molecule has 0 unspecified atom stereocenters. The number of nitriles is 1. The summed E-state index contributed by atoms with van der Waals surface area (Å²) in [5.41, 5.74) is -0.631. The first-order chi connectivity index (χ1) is 9.65. The molecule has 0 saturated carbocycles. The number of likely N-dealkylation sites (N-methyl/N-ethyl adjacent to an activating group) is 1. The number of hydrogen-bond donors (Lipinski definition) is 0. The average molecular weight is 297 g/mol. The van der Waals surface area contributed by atoms with E-state index in [1.54, 1.807) is 34.9 Å². The van der Waals surface area contributed by atoms with Gasteiger partial charge in [-0.05, 0) is 20.8 Å². The Morgan fingerprint density at radius 3 is 2.48 bits per heavy atom. The molecule has 0 aromatic rings. The van der Waals surface area contributed by atoms with Gasteiger partial charge >= 0.3 is 6.09 Å². The summed E-state index contributed by atoms with van der Waals surface area (Å²) in [6.07, 6.45) is -0.491. The van der Waals surface area contributed by atoms with Gasteiger partial charge < -0.3 is 14.4 Å². The molecular weight excluding hydrogens is 274 g/mol. The quantitative estimate of drug-likeness (QED) is 0.776. The molecule has 0 bridgehead atoms. The maximum absolute atomic E-state index is 12.2. The monoisotopic (exact) mass is 297 g/mol. The fourth-order valence-electron chi connectivity index (χ4n) is 2.13. The lowest BCUT2D eigenvalue weighted by Gasteiger charge is -2.29. The summed E-state index contributed by atoms with van der Waals surface area (Å²) in [6, 6.07) is 1.28. The average Bonchev–Trinajstić information content (AvgIpc) is 2.77. The van der Waals surface area contributed by atoms with Gasteiger partial charge in [-0.3, -0.25) is 9.69 Å². The maximum atomic E-state index is 12.2. The molecule has 2 atom stereocenters. The molecule has 7 heteroatoms. The van der Waals surface area contributed by atoms with Gasteiger partial charge in [-0.25, -0.2) is 4.79 Å². The molecule has 2 amide bonds. The Morgan fingerprint density at radius 1 is 1.38 bits per heavy atom. The van der Waals surface area contributed by atoms with Crippen molar-refractivity contribution >= 4 is 12.0 Å². The molecule has 1 aliphatic heterocycles. The molecule has 1 fully saturated rings. The van der Waals surface area contributed by atoms with Crippen LogP contribution in [0.3, 0.4) is 0 Å². The highest BCUT2D eigenvalue weighted by Gasteiger charge is 2.42. The minimum atomic E-state index is -0.631. The van der Waals surface area contributed by atoms with Crippen LogP contribution in [0.15, 0.2) is 0 Å². The number of hydrogen-bond acceptors (Lipinski definition) is 5. The minimum Gasteiger partial charge on any atom is -0.444 e. The zero-order valence-electron chi connectivity index (χ0n) is 13.3. The van der Waals surface area contributed by atoms with Gasteiger partial charge in [0.1, 0.15) is 18.2 Å². The van der Waals surface area contributed by atoms with Crippen LogP contribution in [0.4, 0.5) is 4.79 Å². The molecular formula is C14H23N3O4. The van der Waals surface area contributed by atoms with Crippen molar-refractivity contribution in [2.45, 2.75) is 44.9 Å². The Kier molecular flexibility index (Phi) is 5.55. The smallest absolute Gasteiger partial charge is 0.411 e. The summed E-state index contributed by atoms with van der Waals surface area (Å²) in [5.74, 6) is -0.177.